The number of carbonyl (C=O) groups is 2. The second kappa shape index (κ2) is 8.35. The molecule has 116 valence electrons. The van der Waals surface area contributed by atoms with Gasteiger partial charge in [0.25, 0.3) is 11.8 Å². The van der Waals surface area contributed by atoms with Crippen molar-refractivity contribution >= 4 is 11.8 Å². The Morgan fingerprint density at radius 2 is 1.86 bits per heavy atom. The number of carbonyl (C=O) groups excluding carboxylic acids is 2. The summed E-state index contributed by atoms with van der Waals surface area (Å²) in [7, 11) is 0. The van der Waals surface area contributed by atoms with Crippen molar-refractivity contribution in [1.82, 2.24) is 5.06 Å². The first kappa shape index (κ1) is 17.1. The Balaban J connectivity index is 2.67. The quantitative estimate of drug-likeness (QED) is 0.333. The molecule has 0 aliphatic carbocycles. The van der Waals surface area contributed by atoms with E-state index in [1.54, 1.807) is 6.07 Å². The number of aromatic hydroxyl groups is 1. The molecule has 0 fully saturated rings. The first-order valence-electron chi connectivity index (χ1n) is 6.79. The molecule has 7 nitrogen and oxygen atoms in total. The SMILES string of the molecule is NCCCCCC(=O)N(O)C(=O)c1ccc(CN)cc1O. The van der Waals surface area contributed by atoms with Gasteiger partial charge in [-0.2, -0.15) is 5.06 Å². The molecule has 0 unspecified atom stereocenters. The van der Waals surface area contributed by atoms with Crippen molar-refractivity contribution in [2.45, 2.75) is 32.2 Å². The van der Waals surface area contributed by atoms with Crippen molar-refractivity contribution in [2.75, 3.05) is 6.54 Å². The first-order valence-corrected chi connectivity index (χ1v) is 6.79. The largest absolute Gasteiger partial charge is 0.507 e. The maximum absolute atomic E-state index is 11.9. The van der Waals surface area contributed by atoms with Crippen LogP contribution in [0.2, 0.25) is 0 Å². The summed E-state index contributed by atoms with van der Waals surface area (Å²) in [6.45, 7) is 0.752. The lowest BCUT2D eigenvalue weighted by atomic mass is 10.1. The van der Waals surface area contributed by atoms with Crippen LogP contribution in [0.1, 0.15) is 41.6 Å². The highest BCUT2D eigenvalue weighted by Gasteiger charge is 2.23. The molecular formula is C14H21N3O4. The van der Waals surface area contributed by atoms with Crippen LogP contribution in [0.15, 0.2) is 18.2 Å². The average Bonchev–Trinajstić information content (AvgIpc) is 2.49. The van der Waals surface area contributed by atoms with Crippen LogP contribution >= 0.6 is 0 Å². The molecule has 0 heterocycles. The van der Waals surface area contributed by atoms with Crippen LogP contribution in [0.4, 0.5) is 0 Å². The Hall–Kier alpha value is -1.96. The highest BCUT2D eigenvalue weighted by Crippen LogP contribution is 2.20. The number of imide groups is 1. The zero-order valence-electron chi connectivity index (χ0n) is 11.8. The fraction of sp³-hybridized carbons (Fsp3) is 0.429. The minimum Gasteiger partial charge on any atom is -0.507 e. The van der Waals surface area contributed by atoms with Gasteiger partial charge in [-0.15, -0.1) is 0 Å². The molecule has 0 spiro atoms. The Bertz CT molecular complexity index is 505. The van der Waals surface area contributed by atoms with Crippen molar-refractivity contribution < 1.29 is 19.9 Å². The van der Waals surface area contributed by atoms with Gasteiger partial charge in [0.05, 0.1) is 5.56 Å². The van der Waals surface area contributed by atoms with Crippen LogP contribution in [0.25, 0.3) is 0 Å². The molecular weight excluding hydrogens is 274 g/mol. The van der Waals surface area contributed by atoms with Crippen molar-refractivity contribution in [1.29, 1.82) is 0 Å². The van der Waals surface area contributed by atoms with Gasteiger partial charge < -0.3 is 16.6 Å². The van der Waals surface area contributed by atoms with E-state index in [0.717, 1.165) is 12.8 Å². The maximum atomic E-state index is 11.9. The molecule has 0 aliphatic heterocycles. The number of phenolic OH excluding ortho intramolecular Hbond substituents is 1. The summed E-state index contributed by atoms with van der Waals surface area (Å²) in [4.78, 5) is 23.6. The fourth-order valence-corrected chi connectivity index (χ4v) is 1.82. The molecule has 0 saturated carbocycles. The van der Waals surface area contributed by atoms with Gasteiger partial charge in [-0.3, -0.25) is 14.8 Å². The van der Waals surface area contributed by atoms with Gasteiger partial charge in [0.15, 0.2) is 0 Å². The lowest BCUT2D eigenvalue weighted by molar-refractivity contribution is -0.154. The van der Waals surface area contributed by atoms with E-state index >= 15 is 0 Å². The summed E-state index contributed by atoms with van der Waals surface area (Å²) in [5.74, 6) is -1.99. The van der Waals surface area contributed by atoms with Crippen molar-refractivity contribution in [3.8, 4) is 5.75 Å². The third kappa shape index (κ3) is 4.82. The Morgan fingerprint density at radius 3 is 2.43 bits per heavy atom. The molecule has 2 amide bonds. The van der Waals surface area contributed by atoms with E-state index in [4.69, 9.17) is 11.5 Å². The topological polar surface area (TPSA) is 130 Å². The zero-order chi connectivity index (χ0) is 15.8. The molecule has 0 bridgehead atoms. The van der Waals surface area contributed by atoms with Crippen molar-refractivity contribution in [3.05, 3.63) is 29.3 Å². The lowest BCUT2D eigenvalue weighted by Gasteiger charge is -2.14. The van der Waals surface area contributed by atoms with Gasteiger partial charge in [0.1, 0.15) is 5.75 Å². The number of unbranched alkanes of at least 4 members (excludes halogenated alkanes) is 2. The molecule has 1 aromatic rings. The number of hydrogen-bond acceptors (Lipinski definition) is 6. The van der Waals surface area contributed by atoms with E-state index in [9.17, 15) is 19.9 Å². The normalized spacial score (nSPS) is 10.4. The van der Waals surface area contributed by atoms with Gasteiger partial charge in [0.2, 0.25) is 0 Å². The zero-order valence-corrected chi connectivity index (χ0v) is 11.8. The second-order valence-electron chi connectivity index (χ2n) is 4.67. The van der Waals surface area contributed by atoms with E-state index in [1.165, 1.54) is 12.1 Å². The molecule has 0 radical (unpaired) electrons. The molecule has 0 aromatic heterocycles. The summed E-state index contributed by atoms with van der Waals surface area (Å²) < 4.78 is 0. The molecule has 0 aliphatic rings. The number of nitrogens with two attached hydrogens (primary N) is 2. The average molecular weight is 295 g/mol. The number of hydroxylamine groups is 2. The minimum absolute atomic E-state index is 0.0413. The molecule has 7 heteroatoms. The highest BCUT2D eigenvalue weighted by atomic mass is 16.5. The van der Waals surface area contributed by atoms with E-state index in [1.807, 2.05) is 0 Å². The standard InChI is InChI=1S/C14H21N3O4/c15-7-3-1-2-4-13(19)17(21)14(20)11-6-5-10(9-16)8-12(11)18/h5-6,8,18,21H,1-4,7,9,15-16H2. The molecule has 1 aromatic carbocycles. The summed E-state index contributed by atoms with van der Waals surface area (Å²) in [6.07, 6.45) is 2.12. The molecule has 6 N–H and O–H groups in total. The van der Waals surface area contributed by atoms with Gasteiger partial charge in [-0.05, 0) is 37.1 Å². The van der Waals surface area contributed by atoms with E-state index < -0.39 is 11.8 Å². The number of hydrogen-bond donors (Lipinski definition) is 4. The number of phenols is 1. The van der Waals surface area contributed by atoms with Gasteiger partial charge in [0, 0.05) is 13.0 Å². The summed E-state index contributed by atoms with van der Waals surface area (Å²) >= 11 is 0. The Labute approximate surface area is 123 Å². The number of amides is 2. The Morgan fingerprint density at radius 1 is 1.14 bits per heavy atom. The van der Waals surface area contributed by atoms with E-state index in [0.29, 0.717) is 18.5 Å². The third-order valence-electron chi connectivity index (χ3n) is 3.05. The monoisotopic (exact) mass is 295 g/mol. The van der Waals surface area contributed by atoms with E-state index in [-0.39, 0.29) is 29.3 Å². The van der Waals surface area contributed by atoms with Crippen LogP contribution in [-0.4, -0.2) is 33.7 Å². The summed E-state index contributed by atoms with van der Waals surface area (Å²) in [5, 5.41) is 19.4. The highest BCUT2D eigenvalue weighted by molar-refractivity contribution is 6.05. The van der Waals surface area contributed by atoms with Crippen LogP contribution in [-0.2, 0) is 11.3 Å². The third-order valence-corrected chi connectivity index (χ3v) is 3.05. The molecule has 1 rings (SSSR count). The number of nitrogens with zero attached hydrogens (tertiary/aromatic N) is 1. The van der Waals surface area contributed by atoms with Crippen LogP contribution in [0, 0.1) is 0 Å². The predicted molar refractivity (Wildman–Crippen MR) is 76.5 cm³/mol. The van der Waals surface area contributed by atoms with Gasteiger partial charge in [-0.25, -0.2) is 0 Å². The Kier molecular flexibility index (Phi) is 6.80. The van der Waals surface area contributed by atoms with Gasteiger partial charge >= 0.3 is 0 Å². The van der Waals surface area contributed by atoms with Crippen molar-refractivity contribution in [3.63, 3.8) is 0 Å². The summed E-state index contributed by atoms with van der Waals surface area (Å²) in [5.41, 5.74) is 11.2. The second-order valence-corrected chi connectivity index (χ2v) is 4.67. The predicted octanol–water partition coefficient (Wildman–Crippen LogP) is 0.728. The molecule has 0 saturated heterocycles. The number of rotatable bonds is 7. The summed E-state index contributed by atoms with van der Waals surface area (Å²) in [6, 6.07) is 4.20. The van der Waals surface area contributed by atoms with Crippen LogP contribution in [0.5, 0.6) is 5.75 Å². The van der Waals surface area contributed by atoms with Crippen LogP contribution < -0.4 is 11.5 Å². The lowest BCUT2D eigenvalue weighted by Crippen LogP contribution is -2.33. The smallest absolute Gasteiger partial charge is 0.288 e. The fourth-order valence-electron chi connectivity index (χ4n) is 1.82. The number of benzene rings is 1. The minimum atomic E-state index is -0.958. The molecule has 21 heavy (non-hydrogen) atoms. The van der Waals surface area contributed by atoms with E-state index in [2.05, 4.69) is 0 Å². The maximum Gasteiger partial charge on any atom is 0.288 e. The van der Waals surface area contributed by atoms with Crippen molar-refractivity contribution in [2.24, 2.45) is 11.5 Å². The molecule has 0 atom stereocenters. The van der Waals surface area contributed by atoms with Gasteiger partial charge in [-0.1, -0.05) is 12.5 Å². The van der Waals surface area contributed by atoms with Crippen LogP contribution in [0.3, 0.4) is 0 Å². The first-order chi connectivity index (χ1) is 10.0.